The summed E-state index contributed by atoms with van der Waals surface area (Å²) in [5.74, 6) is 0. The molecular formula is C15H17BrN3. The Morgan fingerprint density at radius 3 is 2.95 bits per heavy atom. The topological polar surface area (TPSA) is 28.2 Å². The molecule has 1 aliphatic heterocycles. The van der Waals surface area contributed by atoms with Crippen molar-refractivity contribution < 1.29 is 0 Å². The number of halogens is 1. The fourth-order valence-corrected chi connectivity index (χ4v) is 3.08. The van der Waals surface area contributed by atoms with Crippen molar-refractivity contribution in [2.45, 2.75) is 18.9 Å². The second kappa shape index (κ2) is 5.47. The van der Waals surface area contributed by atoms with Crippen LogP contribution in [0.2, 0.25) is 0 Å². The number of hydrogen-bond donors (Lipinski definition) is 1. The second-order valence-electron chi connectivity index (χ2n) is 5.00. The Balaban J connectivity index is 2.01. The molecule has 1 radical (unpaired) electrons. The molecule has 1 aromatic carbocycles. The SMILES string of the molecule is CN(c1[c]cnc2ccc(Br)cc12)C1CCNCC1. The second-order valence-corrected chi connectivity index (χ2v) is 5.92. The van der Waals surface area contributed by atoms with Crippen molar-refractivity contribution >= 4 is 32.5 Å². The van der Waals surface area contributed by atoms with E-state index in [2.05, 4.69) is 50.3 Å². The van der Waals surface area contributed by atoms with Crippen LogP contribution < -0.4 is 10.2 Å². The molecule has 99 valence electrons. The first-order valence-electron chi connectivity index (χ1n) is 6.65. The summed E-state index contributed by atoms with van der Waals surface area (Å²) in [5.41, 5.74) is 2.18. The number of rotatable bonds is 2. The number of aromatic nitrogens is 1. The predicted molar refractivity (Wildman–Crippen MR) is 82.6 cm³/mol. The lowest BCUT2D eigenvalue weighted by Crippen LogP contribution is -2.41. The van der Waals surface area contributed by atoms with E-state index in [0.29, 0.717) is 6.04 Å². The third-order valence-electron chi connectivity index (χ3n) is 3.83. The number of benzene rings is 1. The van der Waals surface area contributed by atoms with E-state index in [1.807, 2.05) is 12.1 Å². The zero-order valence-corrected chi connectivity index (χ0v) is 12.6. The van der Waals surface area contributed by atoms with E-state index in [1.165, 1.54) is 12.8 Å². The van der Waals surface area contributed by atoms with E-state index >= 15 is 0 Å². The number of anilines is 1. The van der Waals surface area contributed by atoms with E-state index in [-0.39, 0.29) is 0 Å². The molecule has 1 N–H and O–H groups in total. The molecule has 0 aliphatic carbocycles. The van der Waals surface area contributed by atoms with Gasteiger partial charge in [0, 0.05) is 35.2 Å². The number of pyridine rings is 1. The van der Waals surface area contributed by atoms with Crippen LogP contribution >= 0.6 is 15.9 Å². The van der Waals surface area contributed by atoms with Crippen LogP contribution in [-0.2, 0) is 0 Å². The van der Waals surface area contributed by atoms with Gasteiger partial charge in [-0.15, -0.1) is 0 Å². The normalized spacial score (nSPS) is 16.7. The quantitative estimate of drug-likeness (QED) is 0.922. The summed E-state index contributed by atoms with van der Waals surface area (Å²) in [6.07, 6.45) is 4.15. The van der Waals surface area contributed by atoms with E-state index < -0.39 is 0 Å². The van der Waals surface area contributed by atoms with Crippen LogP contribution in [0, 0.1) is 6.07 Å². The lowest BCUT2D eigenvalue weighted by molar-refractivity contribution is 0.444. The largest absolute Gasteiger partial charge is 0.370 e. The van der Waals surface area contributed by atoms with Gasteiger partial charge in [-0.25, -0.2) is 0 Å². The number of nitrogens with one attached hydrogen (secondary N) is 1. The van der Waals surface area contributed by atoms with Crippen molar-refractivity contribution in [3.8, 4) is 0 Å². The third kappa shape index (κ3) is 2.60. The lowest BCUT2D eigenvalue weighted by atomic mass is 10.0. The Kier molecular flexibility index (Phi) is 3.71. The molecule has 1 fully saturated rings. The Morgan fingerprint density at radius 2 is 2.16 bits per heavy atom. The summed E-state index contributed by atoms with van der Waals surface area (Å²) in [6, 6.07) is 10.1. The van der Waals surface area contributed by atoms with Gasteiger partial charge in [-0.2, -0.15) is 0 Å². The first-order valence-corrected chi connectivity index (χ1v) is 7.44. The van der Waals surface area contributed by atoms with Gasteiger partial charge in [0.2, 0.25) is 0 Å². The summed E-state index contributed by atoms with van der Waals surface area (Å²) in [4.78, 5) is 6.75. The van der Waals surface area contributed by atoms with Gasteiger partial charge in [-0.3, -0.25) is 4.98 Å². The van der Waals surface area contributed by atoms with Gasteiger partial charge in [0.25, 0.3) is 0 Å². The van der Waals surface area contributed by atoms with Gasteiger partial charge < -0.3 is 10.2 Å². The van der Waals surface area contributed by atoms with Gasteiger partial charge >= 0.3 is 0 Å². The summed E-state index contributed by atoms with van der Waals surface area (Å²) in [5, 5.41) is 4.58. The Labute approximate surface area is 122 Å². The van der Waals surface area contributed by atoms with Crippen LogP contribution in [-0.4, -0.2) is 31.2 Å². The fraction of sp³-hybridized carbons (Fsp3) is 0.400. The third-order valence-corrected chi connectivity index (χ3v) is 4.32. The van der Waals surface area contributed by atoms with Crippen molar-refractivity contribution in [2.24, 2.45) is 0 Å². The minimum absolute atomic E-state index is 0.585. The molecule has 4 heteroatoms. The molecule has 1 aliphatic rings. The van der Waals surface area contributed by atoms with E-state index in [9.17, 15) is 0 Å². The number of nitrogens with zero attached hydrogens (tertiary/aromatic N) is 2. The average Bonchev–Trinajstić information content (AvgIpc) is 2.47. The average molecular weight is 319 g/mol. The fourth-order valence-electron chi connectivity index (χ4n) is 2.72. The summed E-state index contributed by atoms with van der Waals surface area (Å²) in [6.45, 7) is 2.20. The van der Waals surface area contributed by atoms with Gasteiger partial charge in [0.05, 0.1) is 11.2 Å². The van der Waals surface area contributed by atoms with Gasteiger partial charge in [-0.05, 0) is 44.1 Å². The monoisotopic (exact) mass is 318 g/mol. The van der Waals surface area contributed by atoms with Crippen LogP contribution in [0.5, 0.6) is 0 Å². The van der Waals surface area contributed by atoms with E-state index in [0.717, 1.165) is 34.2 Å². The van der Waals surface area contributed by atoms with E-state index in [1.54, 1.807) is 6.20 Å². The summed E-state index contributed by atoms with van der Waals surface area (Å²) in [7, 11) is 2.17. The minimum Gasteiger partial charge on any atom is -0.370 e. The van der Waals surface area contributed by atoms with Crippen molar-refractivity contribution in [1.29, 1.82) is 0 Å². The van der Waals surface area contributed by atoms with Crippen LogP contribution in [0.4, 0.5) is 5.69 Å². The van der Waals surface area contributed by atoms with Crippen LogP contribution in [0.25, 0.3) is 10.9 Å². The van der Waals surface area contributed by atoms with Crippen molar-refractivity contribution in [3.05, 3.63) is 34.9 Å². The van der Waals surface area contributed by atoms with Crippen LogP contribution in [0.15, 0.2) is 28.9 Å². The molecular weight excluding hydrogens is 302 g/mol. The van der Waals surface area contributed by atoms with Crippen molar-refractivity contribution in [1.82, 2.24) is 10.3 Å². The Hall–Kier alpha value is -1.13. The maximum Gasteiger partial charge on any atom is 0.0724 e. The van der Waals surface area contributed by atoms with Crippen LogP contribution in [0.3, 0.4) is 0 Å². The molecule has 0 unspecified atom stereocenters. The zero-order chi connectivity index (χ0) is 13.2. The molecule has 0 saturated carbocycles. The molecule has 19 heavy (non-hydrogen) atoms. The maximum atomic E-state index is 4.40. The Morgan fingerprint density at radius 1 is 1.37 bits per heavy atom. The number of hydrogen-bond acceptors (Lipinski definition) is 3. The van der Waals surface area contributed by atoms with Gasteiger partial charge in [0.15, 0.2) is 0 Å². The van der Waals surface area contributed by atoms with Crippen molar-refractivity contribution in [2.75, 3.05) is 25.0 Å². The minimum atomic E-state index is 0.585. The molecule has 2 aromatic rings. The first-order chi connectivity index (χ1) is 9.25. The molecule has 1 saturated heterocycles. The predicted octanol–water partition coefficient (Wildman–Crippen LogP) is 2.99. The van der Waals surface area contributed by atoms with Gasteiger partial charge in [0.1, 0.15) is 0 Å². The summed E-state index contributed by atoms with van der Waals surface area (Å²) >= 11 is 3.54. The zero-order valence-electron chi connectivity index (χ0n) is 11.0. The highest BCUT2D eigenvalue weighted by Crippen LogP contribution is 2.29. The molecule has 2 heterocycles. The number of fused-ring (bicyclic) bond motifs is 1. The standard InChI is InChI=1S/C15H17BrN3/c1-19(12-4-7-17-8-5-12)15-6-9-18-14-3-2-11(16)10-13(14)15/h2-3,9-10,12,17H,4-5,7-8H2,1H3. The first kappa shape index (κ1) is 12.9. The maximum absolute atomic E-state index is 4.40. The lowest BCUT2D eigenvalue weighted by Gasteiger charge is -2.33. The van der Waals surface area contributed by atoms with E-state index in [4.69, 9.17) is 0 Å². The van der Waals surface area contributed by atoms with Crippen molar-refractivity contribution in [3.63, 3.8) is 0 Å². The summed E-state index contributed by atoms with van der Waals surface area (Å²) < 4.78 is 1.08. The molecule has 0 bridgehead atoms. The smallest absolute Gasteiger partial charge is 0.0724 e. The molecule has 1 aromatic heterocycles. The highest BCUT2D eigenvalue weighted by molar-refractivity contribution is 9.10. The number of piperidine rings is 1. The molecule has 3 rings (SSSR count). The highest BCUT2D eigenvalue weighted by atomic mass is 79.9. The van der Waals surface area contributed by atoms with Crippen LogP contribution in [0.1, 0.15) is 12.8 Å². The molecule has 0 amide bonds. The van der Waals surface area contributed by atoms with Gasteiger partial charge in [-0.1, -0.05) is 15.9 Å². The highest BCUT2D eigenvalue weighted by Gasteiger charge is 2.19. The molecule has 3 nitrogen and oxygen atoms in total. The molecule has 0 spiro atoms. The Bertz CT molecular complexity index is 579. The molecule has 0 atom stereocenters.